The second kappa shape index (κ2) is 9.53. The van der Waals surface area contributed by atoms with Gasteiger partial charge >= 0.3 is 6.09 Å². The third-order valence-electron chi connectivity index (χ3n) is 4.54. The van der Waals surface area contributed by atoms with E-state index in [0.29, 0.717) is 19.2 Å². The van der Waals surface area contributed by atoms with Gasteiger partial charge in [0.15, 0.2) is 0 Å². The highest BCUT2D eigenvalue weighted by Gasteiger charge is 2.30. The fourth-order valence-corrected chi connectivity index (χ4v) is 3.36. The summed E-state index contributed by atoms with van der Waals surface area (Å²) in [6.07, 6.45) is 4.15. The highest BCUT2D eigenvalue weighted by Crippen LogP contribution is 2.23. The van der Waals surface area contributed by atoms with Gasteiger partial charge in [0, 0.05) is 25.2 Å². The molecule has 0 saturated heterocycles. The maximum Gasteiger partial charge on any atom is 0.407 e. The van der Waals surface area contributed by atoms with Crippen molar-refractivity contribution in [1.82, 2.24) is 10.2 Å². The minimum Gasteiger partial charge on any atom is -0.445 e. The third-order valence-corrected chi connectivity index (χ3v) is 4.54. The molecule has 3 N–H and O–H groups in total. The number of hydrogen-bond acceptors (Lipinski definition) is 4. The summed E-state index contributed by atoms with van der Waals surface area (Å²) >= 11 is 0. The third kappa shape index (κ3) is 5.52. The van der Waals surface area contributed by atoms with Crippen molar-refractivity contribution < 1.29 is 9.53 Å². The van der Waals surface area contributed by atoms with Gasteiger partial charge < -0.3 is 15.8 Å². The minimum atomic E-state index is -0.324. The minimum absolute atomic E-state index is 0.151. The second-order valence-corrected chi connectivity index (χ2v) is 6.08. The Labute approximate surface area is 139 Å². The number of carbonyl (C=O) groups excluding carboxylic acids is 1. The lowest BCUT2D eigenvalue weighted by Crippen LogP contribution is -2.54. The zero-order valence-electron chi connectivity index (χ0n) is 14.0. The number of nitrogens with zero attached hydrogens (tertiary/aromatic N) is 1. The first kappa shape index (κ1) is 17.8. The van der Waals surface area contributed by atoms with E-state index >= 15 is 0 Å². The van der Waals surface area contributed by atoms with Gasteiger partial charge in [-0.3, -0.25) is 4.90 Å². The quantitative estimate of drug-likeness (QED) is 0.810. The van der Waals surface area contributed by atoms with Crippen molar-refractivity contribution >= 4 is 6.09 Å². The highest BCUT2D eigenvalue weighted by atomic mass is 16.5. The van der Waals surface area contributed by atoms with Crippen LogP contribution in [0.15, 0.2) is 30.3 Å². The smallest absolute Gasteiger partial charge is 0.407 e. The SMILES string of the molecule is CCN(CCN)[C@H]1CCCC[C@@H]1NC(=O)OCc1ccccc1. The van der Waals surface area contributed by atoms with E-state index in [4.69, 9.17) is 10.5 Å². The molecule has 5 nitrogen and oxygen atoms in total. The summed E-state index contributed by atoms with van der Waals surface area (Å²) in [6.45, 7) is 4.94. The lowest BCUT2D eigenvalue weighted by Gasteiger charge is -2.39. The molecule has 2 rings (SSSR count). The fraction of sp³-hybridized carbons (Fsp3) is 0.611. The Morgan fingerprint density at radius 1 is 1.30 bits per heavy atom. The summed E-state index contributed by atoms with van der Waals surface area (Å²) in [6, 6.07) is 10.3. The number of rotatable bonds is 7. The molecule has 0 radical (unpaired) electrons. The van der Waals surface area contributed by atoms with Crippen LogP contribution in [0.1, 0.15) is 38.2 Å². The van der Waals surface area contributed by atoms with Crippen LogP contribution in [0.2, 0.25) is 0 Å². The molecule has 23 heavy (non-hydrogen) atoms. The van der Waals surface area contributed by atoms with Crippen LogP contribution in [0.5, 0.6) is 0 Å². The van der Waals surface area contributed by atoms with Crippen LogP contribution >= 0.6 is 0 Å². The molecule has 0 aliphatic heterocycles. The summed E-state index contributed by atoms with van der Waals surface area (Å²) < 4.78 is 5.36. The number of nitrogens with two attached hydrogens (primary N) is 1. The summed E-state index contributed by atoms with van der Waals surface area (Å²) in [5.41, 5.74) is 6.72. The maximum atomic E-state index is 12.1. The predicted octanol–water partition coefficient (Wildman–Crippen LogP) is 2.50. The summed E-state index contributed by atoms with van der Waals surface area (Å²) in [7, 11) is 0. The van der Waals surface area contributed by atoms with E-state index in [-0.39, 0.29) is 12.1 Å². The molecule has 0 spiro atoms. The van der Waals surface area contributed by atoms with Crippen molar-refractivity contribution in [3.05, 3.63) is 35.9 Å². The Morgan fingerprint density at radius 3 is 2.74 bits per heavy atom. The molecule has 1 aliphatic rings. The molecule has 2 atom stereocenters. The standard InChI is InChI=1S/C18H29N3O2/c1-2-21(13-12-19)17-11-7-6-10-16(17)20-18(22)23-14-15-8-4-3-5-9-15/h3-5,8-9,16-17H,2,6-7,10-14,19H2,1H3,(H,20,22)/t16-,17-/m0/s1. The van der Waals surface area contributed by atoms with Crippen molar-refractivity contribution in [3.63, 3.8) is 0 Å². The van der Waals surface area contributed by atoms with Gasteiger partial charge in [0.05, 0.1) is 0 Å². The number of ether oxygens (including phenoxy) is 1. The van der Waals surface area contributed by atoms with E-state index in [0.717, 1.165) is 37.9 Å². The van der Waals surface area contributed by atoms with Gasteiger partial charge in [0.2, 0.25) is 0 Å². The van der Waals surface area contributed by atoms with E-state index in [1.54, 1.807) is 0 Å². The first-order valence-corrected chi connectivity index (χ1v) is 8.66. The van der Waals surface area contributed by atoms with E-state index in [2.05, 4.69) is 17.1 Å². The van der Waals surface area contributed by atoms with E-state index in [9.17, 15) is 4.79 Å². The molecule has 1 saturated carbocycles. The van der Waals surface area contributed by atoms with Gasteiger partial charge in [0.1, 0.15) is 6.61 Å². The molecule has 0 unspecified atom stereocenters. The van der Waals surface area contributed by atoms with Crippen LogP contribution in [0, 0.1) is 0 Å². The van der Waals surface area contributed by atoms with Crippen molar-refractivity contribution in [2.75, 3.05) is 19.6 Å². The van der Waals surface area contributed by atoms with Gasteiger partial charge in [-0.15, -0.1) is 0 Å². The van der Waals surface area contributed by atoms with E-state index in [1.165, 1.54) is 6.42 Å². The van der Waals surface area contributed by atoms with Crippen molar-refractivity contribution in [2.45, 2.75) is 51.3 Å². The molecular weight excluding hydrogens is 290 g/mol. The Bertz CT molecular complexity index is 467. The molecule has 1 fully saturated rings. The van der Waals surface area contributed by atoms with Gasteiger partial charge in [-0.2, -0.15) is 0 Å². The highest BCUT2D eigenvalue weighted by molar-refractivity contribution is 5.67. The molecular formula is C18H29N3O2. The first-order valence-electron chi connectivity index (χ1n) is 8.66. The van der Waals surface area contributed by atoms with Gasteiger partial charge in [0.25, 0.3) is 0 Å². The Morgan fingerprint density at radius 2 is 2.04 bits per heavy atom. The maximum absolute atomic E-state index is 12.1. The number of carbonyl (C=O) groups is 1. The summed E-state index contributed by atoms with van der Waals surface area (Å²) in [5, 5.41) is 3.07. The van der Waals surface area contributed by atoms with Crippen molar-refractivity contribution in [1.29, 1.82) is 0 Å². The molecule has 0 heterocycles. The van der Waals surface area contributed by atoms with Crippen molar-refractivity contribution in [3.8, 4) is 0 Å². The van der Waals surface area contributed by atoms with Crippen LogP contribution in [0.25, 0.3) is 0 Å². The fourth-order valence-electron chi connectivity index (χ4n) is 3.36. The molecule has 0 bridgehead atoms. The molecule has 5 heteroatoms. The average Bonchev–Trinajstić information content (AvgIpc) is 2.59. The molecule has 1 aromatic rings. The lowest BCUT2D eigenvalue weighted by molar-refractivity contribution is 0.104. The molecule has 1 aliphatic carbocycles. The number of hydrogen-bond donors (Lipinski definition) is 2. The van der Waals surface area contributed by atoms with Crippen LogP contribution < -0.4 is 11.1 Å². The molecule has 128 valence electrons. The average molecular weight is 319 g/mol. The monoisotopic (exact) mass is 319 g/mol. The molecule has 1 amide bonds. The number of benzene rings is 1. The number of alkyl carbamates (subject to hydrolysis) is 1. The van der Waals surface area contributed by atoms with E-state index in [1.807, 2.05) is 30.3 Å². The van der Waals surface area contributed by atoms with E-state index < -0.39 is 0 Å². The Kier molecular flexibility index (Phi) is 7.36. The predicted molar refractivity (Wildman–Crippen MR) is 92.1 cm³/mol. The normalized spacial score (nSPS) is 21.2. The topological polar surface area (TPSA) is 67.6 Å². The number of likely N-dealkylation sites (N-methyl/N-ethyl adjacent to an activating group) is 1. The molecule has 1 aromatic carbocycles. The van der Waals surface area contributed by atoms with Crippen molar-refractivity contribution in [2.24, 2.45) is 5.73 Å². The van der Waals surface area contributed by atoms with Gasteiger partial charge in [-0.1, -0.05) is 50.1 Å². The van der Waals surface area contributed by atoms with Gasteiger partial charge in [-0.05, 0) is 24.9 Å². The lowest BCUT2D eigenvalue weighted by atomic mass is 9.89. The van der Waals surface area contributed by atoms with Crippen LogP contribution in [-0.2, 0) is 11.3 Å². The summed E-state index contributed by atoms with van der Waals surface area (Å²) in [5.74, 6) is 0. The molecule has 0 aromatic heterocycles. The van der Waals surface area contributed by atoms with Gasteiger partial charge in [-0.25, -0.2) is 4.79 Å². The Hall–Kier alpha value is -1.59. The zero-order valence-corrected chi connectivity index (χ0v) is 14.0. The van der Waals surface area contributed by atoms with Crippen LogP contribution in [0.3, 0.4) is 0 Å². The first-order chi connectivity index (χ1) is 11.2. The summed E-state index contributed by atoms with van der Waals surface area (Å²) in [4.78, 5) is 14.5. The second-order valence-electron chi connectivity index (χ2n) is 6.08. The zero-order chi connectivity index (χ0) is 16.5. The van der Waals surface area contributed by atoms with Crippen LogP contribution in [-0.4, -0.2) is 42.7 Å². The van der Waals surface area contributed by atoms with Crippen LogP contribution in [0.4, 0.5) is 4.79 Å². The number of nitrogens with one attached hydrogen (secondary N) is 1. The number of amides is 1. The Balaban J connectivity index is 1.86. The largest absolute Gasteiger partial charge is 0.445 e.